The van der Waals surface area contributed by atoms with Gasteiger partial charge in [-0.3, -0.25) is 14.5 Å². The lowest BCUT2D eigenvalue weighted by Gasteiger charge is -2.21. The normalized spacial score (nSPS) is 12.8. The van der Waals surface area contributed by atoms with Crippen molar-refractivity contribution in [2.75, 3.05) is 18.5 Å². The van der Waals surface area contributed by atoms with E-state index in [1.54, 1.807) is 30.5 Å². The number of benzene rings is 2. The Morgan fingerprint density at radius 3 is 2.33 bits per heavy atom. The van der Waals surface area contributed by atoms with Crippen molar-refractivity contribution in [2.45, 2.75) is 45.3 Å². The molecular formula is C28H31N3O5. The van der Waals surface area contributed by atoms with E-state index >= 15 is 0 Å². The minimum atomic E-state index is -0.379. The summed E-state index contributed by atoms with van der Waals surface area (Å²) in [5.41, 5.74) is 2.64. The standard InChI is InChI=1S/C28H31N3O5/c1-2-15-36-28(34)22-9-11-23(12-10-22)29-26(32)19-31(18-25-4-3-16-35-25)17-20-5-7-21(8-6-20)27(33)30-24-13-14-24/h3-12,16,24H,2,13-15,17-19H2,1H3,(H,29,32)(H,30,33). The molecule has 0 bridgehead atoms. The second-order valence-corrected chi connectivity index (χ2v) is 8.93. The van der Waals surface area contributed by atoms with Gasteiger partial charge < -0.3 is 19.8 Å². The maximum Gasteiger partial charge on any atom is 0.338 e. The first-order chi connectivity index (χ1) is 17.5. The van der Waals surface area contributed by atoms with Crippen molar-refractivity contribution < 1.29 is 23.5 Å². The largest absolute Gasteiger partial charge is 0.468 e. The maximum atomic E-state index is 12.8. The Kier molecular flexibility index (Phi) is 8.52. The summed E-state index contributed by atoms with van der Waals surface area (Å²) in [7, 11) is 0. The van der Waals surface area contributed by atoms with Crippen molar-refractivity contribution in [1.29, 1.82) is 0 Å². The highest BCUT2D eigenvalue weighted by molar-refractivity contribution is 5.95. The summed E-state index contributed by atoms with van der Waals surface area (Å²) in [4.78, 5) is 39.0. The molecule has 0 radical (unpaired) electrons. The van der Waals surface area contributed by atoms with E-state index in [9.17, 15) is 14.4 Å². The summed E-state index contributed by atoms with van der Waals surface area (Å²) < 4.78 is 10.6. The van der Waals surface area contributed by atoms with Crippen LogP contribution in [0.4, 0.5) is 5.69 Å². The van der Waals surface area contributed by atoms with Crippen LogP contribution >= 0.6 is 0 Å². The fourth-order valence-corrected chi connectivity index (χ4v) is 3.68. The van der Waals surface area contributed by atoms with Gasteiger partial charge in [0.1, 0.15) is 5.76 Å². The Morgan fingerprint density at radius 1 is 0.972 bits per heavy atom. The van der Waals surface area contributed by atoms with Gasteiger partial charge in [-0.2, -0.15) is 0 Å². The lowest BCUT2D eigenvalue weighted by atomic mass is 10.1. The van der Waals surface area contributed by atoms with Gasteiger partial charge in [0.25, 0.3) is 5.91 Å². The van der Waals surface area contributed by atoms with E-state index in [0.717, 1.165) is 30.6 Å². The number of carbonyl (C=O) groups is 3. The maximum absolute atomic E-state index is 12.8. The Bertz CT molecular complexity index is 1150. The molecule has 2 aromatic carbocycles. The molecule has 1 heterocycles. The van der Waals surface area contributed by atoms with Gasteiger partial charge in [0.15, 0.2) is 0 Å². The lowest BCUT2D eigenvalue weighted by molar-refractivity contribution is -0.117. The third-order valence-electron chi connectivity index (χ3n) is 5.70. The molecule has 1 fully saturated rings. The first-order valence-corrected chi connectivity index (χ1v) is 12.2. The molecular weight excluding hydrogens is 458 g/mol. The van der Waals surface area contributed by atoms with Crippen molar-refractivity contribution in [3.05, 3.63) is 89.4 Å². The van der Waals surface area contributed by atoms with Crippen molar-refractivity contribution >= 4 is 23.5 Å². The van der Waals surface area contributed by atoms with Gasteiger partial charge in [-0.05, 0) is 73.4 Å². The highest BCUT2D eigenvalue weighted by Gasteiger charge is 2.23. The molecule has 1 saturated carbocycles. The molecule has 2 N–H and O–H groups in total. The fraction of sp³-hybridized carbons (Fsp3) is 0.321. The Labute approximate surface area is 210 Å². The summed E-state index contributed by atoms with van der Waals surface area (Å²) in [5.74, 6) is 0.123. The summed E-state index contributed by atoms with van der Waals surface area (Å²) in [6.07, 6.45) is 4.45. The molecule has 0 atom stereocenters. The Hall–Kier alpha value is -3.91. The summed E-state index contributed by atoms with van der Waals surface area (Å²) >= 11 is 0. The average Bonchev–Trinajstić information content (AvgIpc) is 3.54. The van der Waals surface area contributed by atoms with Crippen LogP contribution in [0.1, 0.15) is 58.2 Å². The van der Waals surface area contributed by atoms with E-state index in [1.807, 2.05) is 48.2 Å². The molecule has 2 amide bonds. The molecule has 36 heavy (non-hydrogen) atoms. The van der Waals surface area contributed by atoms with Crippen LogP contribution in [0.3, 0.4) is 0 Å². The number of anilines is 1. The number of esters is 1. The Morgan fingerprint density at radius 2 is 1.69 bits per heavy atom. The fourth-order valence-electron chi connectivity index (χ4n) is 3.68. The molecule has 1 aliphatic rings. The molecule has 188 valence electrons. The molecule has 1 aliphatic carbocycles. The third kappa shape index (κ3) is 7.55. The van der Waals surface area contributed by atoms with E-state index in [-0.39, 0.29) is 24.3 Å². The molecule has 0 spiro atoms. The van der Waals surface area contributed by atoms with Crippen molar-refractivity contribution in [3.8, 4) is 0 Å². The van der Waals surface area contributed by atoms with Gasteiger partial charge in [0.2, 0.25) is 5.91 Å². The number of ether oxygens (including phenoxy) is 1. The molecule has 4 rings (SSSR count). The lowest BCUT2D eigenvalue weighted by Crippen LogP contribution is -2.32. The van der Waals surface area contributed by atoms with E-state index in [2.05, 4.69) is 10.6 Å². The van der Waals surface area contributed by atoms with E-state index < -0.39 is 0 Å². The summed E-state index contributed by atoms with van der Waals surface area (Å²) in [5, 5.41) is 5.87. The van der Waals surface area contributed by atoms with Crippen LogP contribution in [0.2, 0.25) is 0 Å². The molecule has 1 aromatic heterocycles. The molecule has 0 unspecified atom stereocenters. The predicted molar refractivity (Wildman–Crippen MR) is 135 cm³/mol. The first kappa shape index (κ1) is 25.2. The zero-order valence-electron chi connectivity index (χ0n) is 20.4. The van der Waals surface area contributed by atoms with Gasteiger partial charge in [-0.1, -0.05) is 19.1 Å². The van der Waals surface area contributed by atoms with Gasteiger partial charge in [-0.25, -0.2) is 4.79 Å². The van der Waals surface area contributed by atoms with Crippen molar-refractivity contribution in [1.82, 2.24) is 10.2 Å². The summed E-state index contributed by atoms with van der Waals surface area (Å²) in [6, 6.07) is 18.1. The number of furan rings is 1. The highest BCUT2D eigenvalue weighted by Crippen LogP contribution is 2.20. The second-order valence-electron chi connectivity index (χ2n) is 8.93. The summed E-state index contributed by atoms with van der Waals surface area (Å²) in [6.45, 7) is 3.39. The minimum Gasteiger partial charge on any atom is -0.468 e. The van der Waals surface area contributed by atoms with Crippen LogP contribution in [0, 0.1) is 0 Å². The van der Waals surface area contributed by atoms with E-state index in [4.69, 9.17) is 9.15 Å². The zero-order chi connectivity index (χ0) is 25.3. The van der Waals surface area contributed by atoms with Crippen LogP contribution in [-0.2, 0) is 22.6 Å². The number of rotatable bonds is 12. The molecule has 0 aliphatic heterocycles. The van der Waals surface area contributed by atoms with Crippen LogP contribution < -0.4 is 10.6 Å². The van der Waals surface area contributed by atoms with Crippen LogP contribution in [0.15, 0.2) is 71.3 Å². The van der Waals surface area contributed by atoms with Gasteiger partial charge in [0, 0.05) is 23.8 Å². The Balaban J connectivity index is 1.36. The number of hydrogen-bond donors (Lipinski definition) is 2. The molecule has 3 aromatic rings. The van der Waals surface area contributed by atoms with E-state index in [1.165, 1.54) is 0 Å². The average molecular weight is 490 g/mol. The number of nitrogens with one attached hydrogen (secondary N) is 2. The predicted octanol–water partition coefficient (Wildman–Crippen LogP) is 4.38. The number of hydrogen-bond acceptors (Lipinski definition) is 6. The van der Waals surface area contributed by atoms with Crippen molar-refractivity contribution in [2.24, 2.45) is 0 Å². The quantitative estimate of drug-likeness (QED) is 0.366. The number of amides is 2. The molecule has 0 saturated heterocycles. The van der Waals surface area contributed by atoms with Gasteiger partial charge >= 0.3 is 5.97 Å². The molecule has 8 heteroatoms. The number of nitrogens with zero attached hydrogens (tertiary/aromatic N) is 1. The topological polar surface area (TPSA) is 101 Å². The minimum absolute atomic E-state index is 0.0551. The third-order valence-corrected chi connectivity index (χ3v) is 5.70. The van der Waals surface area contributed by atoms with E-state index in [0.29, 0.717) is 42.6 Å². The van der Waals surface area contributed by atoms with Crippen LogP contribution in [-0.4, -0.2) is 41.9 Å². The van der Waals surface area contributed by atoms with Crippen LogP contribution in [0.25, 0.3) is 0 Å². The highest BCUT2D eigenvalue weighted by atomic mass is 16.5. The monoisotopic (exact) mass is 489 g/mol. The second kappa shape index (κ2) is 12.2. The zero-order valence-corrected chi connectivity index (χ0v) is 20.4. The first-order valence-electron chi connectivity index (χ1n) is 12.2. The smallest absolute Gasteiger partial charge is 0.338 e. The van der Waals surface area contributed by atoms with Crippen molar-refractivity contribution in [3.63, 3.8) is 0 Å². The molecule has 8 nitrogen and oxygen atoms in total. The van der Waals surface area contributed by atoms with Gasteiger partial charge in [-0.15, -0.1) is 0 Å². The SMILES string of the molecule is CCCOC(=O)c1ccc(NC(=O)CN(Cc2ccc(C(=O)NC3CC3)cc2)Cc2ccco2)cc1. The number of carbonyl (C=O) groups excluding carboxylic acids is 3. The van der Waals surface area contributed by atoms with Gasteiger partial charge in [0.05, 0.1) is 31.5 Å². The van der Waals surface area contributed by atoms with Crippen LogP contribution in [0.5, 0.6) is 0 Å².